The molecule has 1 fully saturated rings. The lowest BCUT2D eigenvalue weighted by Crippen LogP contribution is -2.44. The van der Waals surface area contributed by atoms with Crippen LogP contribution in [0.25, 0.3) is 0 Å². The van der Waals surface area contributed by atoms with Gasteiger partial charge in [-0.3, -0.25) is 9.69 Å². The number of hydrogen-bond acceptors (Lipinski definition) is 6. The SMILES string of the molecule is CNc1ncc(CN2CC[C@@H](OC)[C@H](CC(N)=O)C2)cn1. The summed E-state index contributed by atoms with van der Waals surface area (Å²) in [7, 11) is 3.48. The molecule has 7 nitrogen and oxygen atoms in total. The minimum Gasteiger partial charge on any atom is -0.381 e. The van der Waals surface area contributed by atoms with Crippen LogP contribution in [0.4, 0.5) is 5.95 Å². The Hall–Kier alpha value is -1.73. The van der Waals surface area contributed by atoms with Gasteiger partial charge < -0.3 is 15.8 Å². The van der Waals surface area contributed by atoms with E-state index < -0.39 is 0 Å². The Kier molecular flexibility index (Phi) is 5.46. The molecule has 0 spiro atoms. The quantitative estimate of drug-likeness (QED) is 0.780. The summed E-state index contributed by atoms with van der Waals surface area (Å²) in [6, 6.07) is 0. The summed E-state index contributed by atoms with van der Waals surface area (Å²) < 4.78 is 5.47. The summed E-state index contributed by atoms with van der Waals surface area (Å²) in [6.07, 6.45) is 5.03. The molecule has 21 heavy (non-hydrogen) atoms. The molecule has 0 aliphatic carbocycles. The molecule has 0 radical (unpaired) electrons. The van der Waals surface area contributed by atoms with Crippen molar-refractivity contribution in [3.05, 3.63) is 18.0 Å². The number of nitrogens with zero attached hydrogens (tertiary/aromatic N) is 3. The number of methoxy groups -OCH3 is 1. The lowest BCUT2D eigenvalue weighted by Gasteiger charge is -2.37. The Morgan fingerprint density at radius 3 is 2.81 bits per heavy atom. The normalized spacial score (nSPS) is 23.0. The number of anilines is 1. The van der Waals surface area contributed by atoms with Gasteiger partial charge in [-0.1, -0.05) is 0 Å². The van der Waals surface area contributed by atoms with Gasteiger partial charge in [-0.25, -0.2) is 9.97 Å². The van der Waals surface area contributed by atoms with E-state index in [4.69, 9.17) is 10.5 Å². The fraction of sp³-hybridized carbons (Fsp3) is 0.643. The number of carbonyl (C=O) groups excluding carboxylic acids is 1. The molecule has 0 aromatic carbocycles. The Morgan fingerprint density at radius 2 is 2.24 bits per heavy atom. The zero-order chi connectivity index (χ0) is 15.2. The summed E-state index contributed by atoms with van der Waals surface area (Å²) in [5, 5.41) is 2.90. The Bertz CT molecular complexity index is 465. The molecule has 7 heteroatoms. The average Bonchev–Trinajstić information content (AvgIpc) is 2.48. The molecule has 1 aliphatic rings. The number of nitrogens with one attached hydrogen (secondary N) is 1. The fourth-order valence-electron chi connectivity index (χ4n) is 2.82. The van der Waals surface area contributed by atoms with Crippen LogP contribution < -0.4 is 11.1 Å². The van der Waals surface area contributed by atoms with Gasteiger partial charge in [0.25, 0.3) is 0 Å². The fourth-order valence-corrected chi connectivity index (χ4v) is 2.82. The van der Waals surface area contributed by atoms with Gasteiger partial charge in [0.2, 0.25) is 11.9 Å². The second kappa shape index (κ2) is 7.33. The van der Waals surface area contributed by atoms with E-state index in [0.717, 1.165) is 31.6 Å². The summed E-state index contributed by atoms with van der Waals surface area (Å²) in [5.74, 6) is 0.493. The number of hydrogen-bond donors (Lipinski definition) is 2. The van der Waals surface area contributed by atoms with Gasteiger partial charge >= 0.3 is 0 Å². The standard InChI is InChI=1S/C14H23N5O2/c1-16-14-17-6-10(7-18-14)8-19-4-3-12(21-2)11(9-19)5-13(15)20/h6-7,11-12H,3-5,8-9H2,1-2H3,(H2,15,20)(H,16,17,18)/t11-,12-/m1/s1. The molecular formula is C14H23N5O2. The van der Waals surface area contributed by atoms with Gasteiger partial charge in [0.15, 0.2) is 0 Å². The molecular weight excluding hydrogens is 270 g/mol. The minimum atomic E-state index is -0.273. The molecule has 2 atom stereocenters. The topological polar surface area (TPSA) is 93.4 Å². The van der Waals surface area contributed by atoms with Crippen molar-refractivity contribution in [3.63, 3.8) is 0 Å². The molecule has 3 N–H and O–H groups in total. The monoisotopic (exact) mass is 293 g/mol. The van der Waals surface area contributed by atoms with Crippen molar-refractivity contribution < 1.29 is 9.53 Å². The molecule has 1 aliphatic heterocycles. The van der Waals surface area contributed by atoms with Gasteiger partial charge in [0.05, 0.1) is 6.10 Å². The highest BCUT2D eigenvalue weighted by molar-refractivity contribution is 5.74. The first kappa shape index (κ1) is 15.7. The third kappa shape index (κ3) is 4.37. The van der Waals surface area contributed by atoms with Crippen molar-refractivity contribution in [2.45, 2.75) is 25.5 Å². The van der Waals surface area contributed by atoms with Crippen molar-refractivity contribution in [2.24, 2.45) is 11.7 Å². The van der Waals surface area contributed by atoms with Gasteiger partial charge in [-0.15, -0.1) is 0 Å². The van der Waals surface area contributed by atoms with Crippen LogP contribution in [0.3, 0.4) is 0 Å². The third-order valence-electron chi connectivity index (χ3n) is 3.85. The van der Waals surface area contributed by atoms with Crippen molar-refractivity contribution in [3.8, 4) is 0 Å². The molecule has 2 heterocycles. The molecule has 1 aromatic heterocycles. The third-order valence-corrected chi connectivity index (χ3v) is 3.85. The van der Waals surface area contributed by atoms with Crippen LogP contribution in [0.1, 0.15) is 18.4 Å². The van der Waals surface area contributed by atoms with Crippen LogP contribution in [0.15, 0.2) is 12.4 Å². The molecule has 1 aromatic rings. The first-order valence-corrected chi connectivity index (χ1v) is 7.14. The maximum atomic E-state index is 11.2. The number of carbonyl (C=O) groups is 1. The van der Waals surface area contributed by atoms with E-state index in [1.807, 2.05) is 12.4 Å². The first-order chi connectivity index (χ1) is 10.1. The van der Waals surface area contributed by atoms with Crippen LogP contribution in [-0.4, -0.2) is 54.1 Å². The molecule has 0 unspecified atom stereocenters. The van der Waals surface area contributed by atoms with Crippen molar-refractivity contribution in [2.75, 3.05) is 32.6 Å². The maximum Gasteiger partial charge on any atom is 0.222 e. The van der Waals surface area contributed by atoms with E-state index in [0.29, 0.717) is 12.4 Å². The number of nitrogens with two attached hydrogens (primary N) is 1. The molecule has 116 valence electrons. The highest BCUT2D eigenvalue weighted by Crippen LogP contribution is 2.23. The van der Waals surface area contributed by atoms with E-state index in [-0.39, 0.29) is 17.9 Å². The number of aromatic nitrogens is 2. The van der Waals surface area contributed by atoms with E-state index in [1.54, 1.807) is 14.2 Å². The van der Waals surface area contributed by atoms with E-state index in [9.17, 15) is 4.79 Å². The van der Waals surface area contributed by atoms with Crippen molar-refractivity contribution in [1.29, 1.82) is 0 Å². The first-order valence-electron chi connectivity index (χ1n) is 7.14. The molecule has 0 bridgehead atoms. The van der Waals surface area contributed by atoms with Crippen LogP contribution in [0, 0.1) is 5.92 Å². The smallest absolute Gasteiger partial charge is 0.222 e. The Balaban J connectivity index is 1.95. The van der Waals surface area contributed by atoms with E-state index in [2.05, 4.69) is 20.2 Å². The minimum absolute atomic E-state index is 0.108. The van der Waals surface area contributed by atoms with Crippen LogP contribution >= 0.6 is 0 Å². The summed E-state index contributed by atoms with van der Waals surface area (Å²) in [4.78, 5) is 21.9. The second-order valence-electron chi connectivity index (χ2n) is 5.39. The van der Waals surface area contributed by atoms with Gasteiger partial charge in [-0.2, -0.15) is 0 Å². The molecule has 1 amide bonds. The van der Waals surface area contributed by atoms with Crippen LogP contribution in [0.2, 0.25) is 0 Å². The summed E-state index contributed by atoms with van der Waals surface area (Å²) >= 11 is 0. The Morgan fingerprint density at radius 1 is 1.52 bits per heavy atom. The van der Waals surface area contributed by atoms with Gasteiger partial charge in [0.1, 0.15) is 0 Å². The zero-order valence-corrected chi connectivity index (χ0v) is 12.6. The highest BCUT2D eigenvalue weighted by atomic mass is 16.5. The Labute approximate surface area is 124 Å². The molecule has 1 saturated heterocycles. The summed E-state index contributed by atoms with van der Waals surface area (Å²) in [5.41, 5.74) is 6.39. The van der Waals surface area contributed by atoms with Crippen LogP contribution in [0.5, 0.6) is 0 Å². The van der Waals surface area contributed by atoms with Crippen molar-refractivity contribution >= 4 is 11.9 Å². The largest absolute Gasteiger partial charge is 0.381 e. The van der Waals surface area contributed by atoms with Gasteiger partial charge in [-0.05, 0) is 6.42 Å². The molecule has 2 rings (SSSR count). The number of piperidine rings is 1. The average molecular weight is 293 g/mol. The van der Waals surface area contributed by atoms with E-state index in [1.165, 1.54) is 0 Å². The predicted molar refractivity (Wildman–Crippen MR) is 79.6 cm³/mol. The maximum absolute atomic E-state index is 11.2. The number of rotatable bonds is 6. The lowest BCUT2D eigenvalue weighted by atomic mass is 9.91. The number of likely N-dealkylation sites (tertiary alicyclic amines) is 1. The second-order valence-corrected chi connectivity index (χ2v) is 5.39. The number of amides is 1. The lowest BCUT2D eigenvalue weighted by molar-refractivity contribution is -0.121. The highest BCUT2D eigenvalue weighted by Gasteiger charge is 2.30. The van der Waals surface area contributed by atoms with E-state index >= 15 is 0 Å². The predicted octanol–water partition coefficient (Wildman–Crippen LogP) is 0.231. The van der Waals surface area contributed by atoms with Gasteiger partial charge in [0, 0.05) is 64.1 Å². The zero-order valence-electron chi connectivity index (χ0n) is 12.6. The van der Waals surface area contributed by atoms with Crippen molar-refractivity contribution in [1.82, 2.24) is 14.9 Å². The number of primary amides is 1. The number of ether oxygens (including phenoxy) is 1. The summed E-state index contributed by atoms with van der Waals surface area (Å²) in [6.45, 7) is 2.51. The molecule has 0 saturated carbocycles. The van der Waals surface area contributed by atoms with Crippen LogP contribution in [-0.2, 0) is 16.1 Å².